The Morgan fingerprint density at radius 1 is 0.156 bits per heavy atom. The highest BCUT2D eigenvalue weighted by Gasteiger charge is 2.21. The Labute approximate surface area is 371 Å². The molecular formula is C64H40. The minimum absolute atomic E-state index is 1.20. The van der Waals surface area contributed by atoms with Crippen LogP contribution in [0.2, 0.25) is 0 Å². The zero-order chi connectivity index (χ0) is 42.1. The second-order valence-corrected chi connectivity index (χ2v) is 17.2. The molecule has 0 bridgehead atoms. The molecule has 0 heteroatoms. The second-order valence-electron chi connectivity index (χ2n) is 17.2. The minimum Gasteiger partial charge on any atom is -0.0622 e. The lowest BCUT2D eigenvalue weighted by Crippen LogP contribution is -1.94. The molecule has 13 aromatic carbocycles. The molecule has 0 N–H and O–H groups in total. The van der Waals surface area contributed by atoms with Crippen LogP contribution in [0.1, 0.15) is 0 Å². The summed E-state index contributed by atoms with van der Waals surface area (Å²) >= 11 is 0. The molecule has 13 aromatic rings. The van der Waals surface area contributed by atoms with Crippen LogP contribution >= 0.6 is 0 Å². The first-order chi connectivity index (χ1) is 31.7. The molecule has 0 atom stereocenters. The fourth-order valence-electron chi connectivity index (χ4n) is 10.5. The summed E-state index contributed by atoms with van der Waals surface area (Å²) in [4.78, 5) is 0. The first-order valence-electron chi connectivity index (χ1n) is 22.2. The fraction of sp³-hybridized carbons (Fsp3) is 0. The molecule has 0 nitrogen and oxygen atoms in total. The summed E-state index contributed by atoms with van der Waals surface area (Å²) in [7, 11) is 0. The maximum atomic E-state index is 2.48. The second kappa shape index (κ2) is 14.7. The Kier molecular flexibility index (Phi) is 8.32. The van der Waals surface area contributed by atoms with Crippen molar-refractivity contribution in [3.05, 3.63) is 243 Å². The van der Waals surface area contributed by atoms with E-state index in [1.807, 2.05) is 0 Å². The normalized spacial score (nSPS) is 11.8. The molecule has 64 heavy (non-hydrogen) atoms. The van der Waals surface area contributed by atoms with Gasteiger partial charge in [0.25, 0.3) is 0 Å². The molecule has 0 aliphatic heterocycles. The average Bonchev–Trinajstić information content (AvgIpc) is 3.37. The molecule has 0 unspecified atom stereocenters. The molecule has 0 amide bonds. The Balaban J connectivity index is 1.17. The molecule has 0 fully saturated rings. The molecule has 0 radical (unpaired) electrons. The largest absolute Gasteiger partial charge is 0.0622 e. The van der Waals surface area contributed by atoms with Gasteiger partial charge in [0.05, 0.1) is 0 Å². The van der Waals surface area contributed by atoms with Crippen molar-refractivity contribution in [2.24, 2.45) is 0 Å². The van der Waals surface area contributed by atoms with E-state index in [4.69, 9.17) is 0 Å². The van der Waals surface area contributed by atoms with Gasteiger partial charge in [0, 0.05) is 0 Å². The summed E-state index contributed by atoms with van der Waals surface area (Å²) in [5.74, 6) is 0. The molecule has 0 aliphatic rings. The number of hydrogen-bond acceptors (Lipinski definition) is 0. The van der Waals surface area contributed by atoms with Gasteiger partial charge < -0.3 is 0 Å². The van der Waals surface area contributed by atoms with Crippen LogP contribution in [-0.4, -0.2) is 0 Å². The van der Waals surface area contributed by atoms with Gasteiger partial charge in [-0.05, 0) is 174 Å². The topological polar surface area (TPSA) is 0 Å². The molecule has 0 saturated heterocycles. The van der Waals surface area contributed by atoms with Crippen molar-refractivity contribution in [1.82, 2.24) is 0 Å². The quantitative estimate of drug-likeness (QED) is 0.152. The van der Waals surface area contributed by atoms with Crippen LogP contribution in [0.15, 0.2) is 243 Å². The van der Waals surface area contributed by atoms with E-state index in [1.54, 1.807) is 0 Å². The lowest BCUT2D eigenvalue weighted by molar-refractivity contribution is 1.61. The van der Waals surface area contributed by atoms with Gasteiger partial charge in [0.1, 0.15) is 0 Å². The van der Waals surface area contributed by atoms with Gasteiger partial charge in [-0.2, -0.15) is 0 Å². The van der Waals surface area contributed by atoms with Crippen LogP contribution in [0, 0.1) is 0 Å². The third-order valence-electron chi connectivity index (χ3n) is 13.6. The van der Waals surface area contributed by atoms with Crippen LogP contribution in [-0.2, 0) is 0 Å². The lowest BCUT2D eigenvalue weighted by atomic mass is 9.81. The Hall–Kier alpha value is -8.32. The third-order valence-corrected chi connectivity index (χ3v) is 13.6. The summed E-state index contributed by atoms with van der Waals surface area (Å²) in [6, 6.07) is 90.4. The minimum atomic E-state index is 1.20. The van der Waals surface area contributed by atoms with Gasteiger partial charge in [0.15, 0.2) is 0 Å². The van der Waals surface area contributed by atoms with E-state index in [0.717, 1.165) is 0 Å². The van der Waals surface area contributed by atoms with E-state index in [1.165, 1.54) is 131 Å². The van der Waals surface area contributed by atoms with Crippen LogP contribution in [0.4, 0.5) is 0 Å². The molecule has 13 rings (SSSR count). The average molecular weight is 809 g/mol. The van der Waals surface area contributed by atoms with Crippen molar-refractivity contribution < 1.29 is 0 Å². The number of benzene rings is 13. The third kappa shape index (κ3) is 5.92. The highest BCUT2D eigenvalue weighted by Crippen LogP contribution is 2.49. The van der Waals surface area contributed by atoms with Gasteiger partial charge in [-0.25, -0.2) is 0 Å². The number of hydrogen-bond donors (Lipinski definition) is 0. The van der Waals surface area contributed by atoms with E-state index >= 15 is 0 Å². The zero-order valence-corrected chi connectivity index (χ0v) is 35.1. The highest BCUT2D eigenvalue weighted by molar-refractivity contribution is 6.24. The molecule has 0 heterocycles. The van der Waals surface area contributed by atoms with E-state index in [9.17, 15) is 0 Å². The molecule has 0 saturated carbocycles. The Bertz CT molecular complexity index is 4000. The smallest absolute Gasteiger partial charge is 0.00199 e. The van der Waals surface area contributed by atoms with E-state index in [0.29, 0.717) is 0 Å². The van der Waals surface area contributed by atoms with Crippen molar-refractivity contribution in [3.8, 4) is 55.6 Å². The summed E-state index contributed by atoms with van der Waals surface area (Å²) in [6.07, 6.45) is 0. The maximum absolute atomic E-state index is 2.48. The molecule has 0 aliphatic carbocycles. The first-order valence-corrected chi connectivity index (χ1v) is 22.2. The van der Waals surface area contributed by atoms with Crippen LogP contribution in [0.25, 0.3) is 131 Å². The fourth-order valence-corrected chi connectivity index (χ4v) is 10.5. The number of rotatable bonds is 5. The van der Waals surface area contributed by atoms with Crippen LogP contribution < -0.4 is 0 Å². The monoisotopic (exact) mass is 808 g/mol. The summed E-state index contributed by atoms with van der Waals surface area (Å²) < 4.78 is 0. The van der Waals surface area contributed by atoms with Crippen molar-refractivity contribution >= 4 is 75.4 Å². The Morgan fingerprint density at radius 3 is 1.09 bits per heavy atom. The van der Waals surface area contributed by atoms with Gasteiger partial charge in [0.2, 0.25) is 0 Å². The first kappa shape index (κ1) is 36.3. The van der Waals surface area contributed by atoms with Crippen molar-refractivity contribution in [2.45, 2.75) is 0 Å². The maximum Gasteiger partial charge on any atom is -0.00199 e. The predicted molar refractivity (Wildman–Crippen MR) is 276 cm³/mol. The summed E-state index contributed by atoms with van der Waals surface area (Å²) in [5.41, 5.74) is 12.2. The van der Waals surface area contributed by atoms with Crippen molar-refractivity contribution in [3.63, 3.8) is 0 Å². The lowest BCUT2D eigenvalue weighted by Gasteiger charge is -2.21. The SMILES string of the molecule is c1ccc(-c2cc3ccccc3cc2-c2ccc3c(c2)c(-c2ccc4ccccc4c2)c(-c2ccc4ccccc4c2)c2cc(-c4cc5ccccc5c5ccccc45)ccc23)cc1. The zero-order valence-electron chi connectivity index (χ0n) is 35.1. The van der Waals surface area contributed by atoms with E-state index < -0.39 is 0 Å². The van der Waals surface area contributed by atoms with E-state index in [-0.39, 0.29) is 0 Å². The Morgan fingerprint density at radius 2 is 0.531 bits per heavy atom. The molecule has 0 spiro atoms. The standard InChI is InChI=1S/C64H40/c1-2-16-43(17-3-1)58-36-46-20-8-9-21-47(46)37-60(58)50-31-33-57-56-32-30-49(59-38-48-22-10-11-23-53(48)54-24-12-13-25-55(54)59)39-61(56)63(51-28-26-41-14-4-6-18-44(41)34-51)64(62(57)40-50)52-29-27-42-15-5-7-19-45(42)35-52/h1-40H. The van der Waals surface area contributed by atoms with Crippen LogP contribution in [0.5, 0.6) is 0 Å². The summed E-state index contributed by atoms with van der Waals surface area (Å²) in [5, 5.41) is 17.4. The molecular weight excluding hydrogens is 769 g/mol. The van der Waals surface area contributed by atoms with Crippen molar-refractivity contribution in [2.75, 3.05) is 0 Å². The van der Waals surface area contributed by atoms with Crippen molar-refractivity contribution in [1.29, 1.82) is 0 Å². The number of fused-ring (bicyclic) bond motifs is 9. The van der Waals surface area contributed by atoms with Gasteiger partial charge in [-0.1, -0.05) is 200 Å². The highest BCUT2D eigenvalue weighted by atomic mass is 14.2. The van der Waals surface area contributed by atoms with Crippen LogP contribution in [0.3, 0.4) is 0 Å². The van der Waals surface area contributed by atoms with E-state index in [2.05, 4.69) is 243 Å². The van der Waals surface area contributed by atoms with Gasteiger partial charge >= 0.3 is 0 Å². The predicted octanol–water partition coefficient (Wildman–Crippen LogP) is 18.1. The molecule has 296 valence electrons. The summed E-state index contributed by atoms with van der Waals surface area (Å²) in [6.45, 7) is 0. The molecule has 0 aromatic heterocycles. The van der Waals surface area contributed by atoms with Gasteiger partial charge in [-0.3, -0.25) is 0 Å². The van der Waals surface area contributed by atoms with Gasteiger partial charge in [-0.15, -0.1) is 0 Å².